The molecule has 0 saturated carbocycles. The summed E-state index contributed by atoms with van der Waals surface area (Å²) in [6.07, 6.45) is 7.48. The number of allylic oxidation sites excluding steroid dienone is 2. The lowest BCUT2D eigenvalue weighted by Gasteiger charge is -2.14. The Morgan fingerprint density at radius 1 is 1.46 bits per heavy atom. The monoisotopic (exact) mass is 190 g/mol. The van der Waals surface area contributed by atoms with Crippen molar-refractivity contribution in [2.24, 2.45) is 4.99 Å². The molecule has 0 aliphatic carbocycles. The van der Waals surface area contributed by atoms with Gasteiger partial charge >= 0.3 is 0 Å². The molecule has 13 heavy (non-hydrogen) atoms. The van der Waals surface area contributed by atoms with Gasteiger partial charge in [-0.3, -0.25) is 0 Å². The van der Waals surface area contributed by atoms with Gasteiger partial charge in [0, 0.05) is 17.8 Å². The predicted octanol–water partition coefficient (Wildman–Crippen LogP) is 2.15. The maximum absolute atomic E-state index is 5.52. The lowest BCUT2D eigenvalue weighted by Crippen LogP contribution is -2.11. The van der Waals surface area contributed by atoms with E-state index in [0.717, 1.165) is 17.2 Å². The van der Waals surface area contributed by atoms with Crippen LogP contribution in [0.5, 0.6) is 0 Å². The van der Waals surface area contributed by atoms with Gasteiger partial charge < -0.3 is 4.84 Å². The molecule has 0 bridgehead atoms. The van der Waals surface area contributed by atoms with Crippen molar-refractivity contribution in [2.75, 3.05) is 0 Å². The zero-order chi connectivity index (χ0) is 8.67. The van der Waals surface area contributed by atoms with Gasteiger partial charge in [0.25, 0.3) is 0 Å². The molecule has 0 fully saturated rings. The van der Waals surface area contributed by atoms with Crippen LogP contribution in [0.15, 0.2) is 51.3 Å². The number of hydrogen-bond acceptors (Lipinski definition) is 4. The highest BCUT2D eigenvalue weighted by atomic mass is 32.2. The molecule has 64 valence electrons. The van der Waals surface area contributed by atoms with Gasteiger partial charge in [-0.05, 0) is 17.6 Å². The molecule has 3 heterocycles. The van der Waals surface area contributed by atoms with Crippen molar-refractivity contribution >= 4 is 18.0 Å². The first kappa shape index (κ1) is 7.03. The average molecular weight is 190 g/mol. The molecule has 3 aliphatic heterocycles. The van der Waals surface area contributed by atoms with Gasteiger partial charge in [-0.1, -0.05) is 0 Å². The summed E-state index contributed by atoms with van der Waals surface area (Å²) in [6, 6.07) is 0. The van der Waals surface area contributed by atoms with E-state index in [4.69, 9.17) is 4.84 Å². The number of aliphatic imine (C=N–C) groups is 1. The summed E-state index contributed by atoms with van der Waals surface area (Å²) in [6.45, 7) is 0. The fraction of sp³-hybridized carbons (Fsp3) is 0. The van der Waals surface area contributed by atoms with Gasteiger partial charge in [0.05, 0.1) is 5.57 Å². The van der Waals surface area contributed by atoms with Crippen LogP contribution in [0, 0.1) is 0 Å². The summed E-state index contributed by atoms with van der Waals surface area (Å²) in [5, 5.41) is 5.67. The van der Waals surface area contributed by atoms with E-state index >= 15 is 0 Å². The molecule has 0 atom stereocenters. The average Bonchev–Trinajstić information content (AvgIpc) is 2.56. The van der Waals surface area contributed by atoms with E-state index in [0.29, 0.717) is 0 Å². The van der Waals surface area contributed by atoms with Crippen LogP contribution in [0.3, 0.4) is 0 Å². The van der Waals surface area contributed by atoms with Crippen molar-refractivity contribution < 1.29 is 4.84 Å². The van der Waals surface area contributed by atoms with Crippen molar-refractivity contribution in [3.8, 4) is 0 Å². The number of hydroxylamine groups is 2. The molecule has 0 N–H and O–H groups in total. The number of rotatable bonds is 0. The van der Waals surface area contributed by atoms with Gasteiger partial charge in [0.15, 0.2) is 11.6 Å². The molecule has 0 aromatic rings. The Morgan fingerprint density at radius 2 is 2.46 bits per heavy atom. The molecular formula is C9H6N2OS. The molecule has 3 rings (SSSR count). The summed E-state index contributed by atoms with van der Waals surface area (Å²) < 4.78 is 0. The fourth-order valence-electron chi connectivity index (χ4n) is 1.34. The first-order chi connectivity index (χ1) is 6.45. The molecule has 0 amide bonds. The molecular weight excluding hydrogens is 184 g/mol. The quantitative estimate of drug-likeness (QED) is 0.585. The number of fused-ring (bicyclic) bond motifs is 2. The van der Waals surface area contributed by atoms with Crippen LogP contribution in [0.2, 0.25) is 0 Å². The van der Waals surface area contributed by atoms with Crippen LogP contribution in [0.4, 0.5) is 0 Å². The van der Waals surface area contributed by atoms with Gasteiger partial charge in [0.2, 0.25) is 0 Å². The Morgan fingerprint density at radius 3 is 3.46 bits per heavy atom. The zero-order valence-electron chi connectivity index (χ0n) is 6.68. The summed E-state index contributed by atoms with van der Waals surface area (Å²) in [7, 11) is 0. The third kappa shape index (κ3) is 0.954. The molecule has 0 aromatic carbocycles. The third-order valence-corrected chi connectivity index (χ3v) is 2.55. The molecule has 0 saturated heterocycles. The summed E-state index contributed by atoms with van der Waals surface area (Å²) in [5.41, 5.74) is 1.05. The van der Waals surface area contributed by atoms with Crippen LogP contribution < -0.4 is 0 Å². The smallest absolute Gasteiger partial charge is 0.179 e. The van der Waals surface area contributed by atoms with Crippen LogP contribution in [0.25, 0.3) is 0 Å². The molecule has 0 spiro atoms. The van der Waals surface area contributed by atoms with Crippen LogP contribution in [-0.2, 0) is 4.84 Å². The SMILES string of the molecule is C1=CN2OC3=CSC=CC3=C2N=C1. The lowest BCUT2D eigenvalue weighted by atomic mass is 10.2. The van der Waals surface area contributed by atoms with Gasteiger partial charge in [0.1, 0.15) is 0 Å². The molecule has 4 heteroatoms. The normalized spacial score (nSPS) is 22.8. The summed E-state index contributed by atoms with van der Waals surface area (Å²) in [5.74, 6) is 1.75. The fourth-order valence-corrected chi connectivity index (χ4v) is 1.92. The molecule has 3 nitrogen and oxygen atoms in total. The van der Waals surface area contributed by atoms with Crippen LogP contribution in [0.1, 0.15) is 0 Å². The van der Waals surface area contributed by atoms with Gasteiger partial charge in [-0.25, -0.2) is 4.99 Å². The highest BCUT2D eigenvalue weighted by molar-refractivity contribution is 8.05. The second-order valence-electron chi connectivity index (χ2n) is 2.69. The predicted molar refractivity (Wildman–Crippen MR) is 52.4 cm³/mol. The van der Waals surface area contributed by atoms with Crippen molar-refractivity contribution in [3.63, 3.8) is 0 Å². The van der Waals surface area contributed by atoms with E-state index in [-0.39, 0.29) is 0 Å². The van der Waals surface area contributed by atoms with Crippen LogP contribution >= 0.6 is 11.8 Å². The Balaban J connectivity index is 2.15. The minimum Gasteiger partial charge on any atom is -0.372 e. The minimum absolute atomic E-state index is 0.866. The van der Waals surface area contributed by atoms with Crippen molar-refractivity contribution in [1.29, 1.82) is 0 Å². The lowest BCUT2D eigenvalue weighted by molar-refractivity contribution is -0.0203. The van der Waals surface area contributed by atoms with E-state index in [1.54, 1.807) is 23.0 Å². The Kier molecular flexibility index (Phi) is 1.37. The molecule has 3 aliphatic rings. The molecule has 0 radical (unpaired) electrons. The second kappa shape index (κ2) is 2.53. The summed E-state index contributed by atoms with van der Waals surface area (Å²) >= 11 is 1.61. The zero-order valence-corrected chi connectivity index (χ0v) is 7.49. The molecule has 0 aromatic heterocycles. The topological polar surface area (TPSA) is 24.8 Å². The maximum atomic E-state index is 5.52. The van der Waals surface area contributed by atoms with Crippen molar-refractivity contribution in [3.05, 3.63) is 46.3 Å². The first-order valence-electron chi connectivity index (χ1n) is 3.90. The number of hydrogen-bond donors (Lipinski definition) is 0. The molecule has 0 unspecified atom stereocenters. The summed E-state index contributed by atoms with van der Waals surface area (Å²) in [4.78, 5) is 9.76. The van der Waals surface area contributed by atoms with Crippen LogP contribution in [-0.4, -0.2) is 11.3 Å². The number of nitrogens with zero attached hydrogens (tertiary/aromatic N) is 2. The van der Waals surface area contributed by atoms with E-state index in [9.17, 15) is 0 Å². The van der Waals surface area contributed by atoms with E-state index in [1.807, 2.05) is 29.2 Å². The van der Waals surface area contributed by atoms with Crippen molar-refractivity contribution in [1.82, 2.24) is 5.06 Å². The van der Waals surface area contributed by atoms with E-state index in [2.05, 4.69) is 4.99 Å². The largest absolute Gasteiger partial charge is 0.372 e. The Hall–Kier alpha value is -1.42. The van der Waals surface area contributed by atoms with Gasteiger partial charge in [-0.15, -0.1) is 11.8 Å². The van der Waals surface area contributed by atoms with Gasteiger partial charge in [-0.2, -0.15) is 5.06 Å². The van der Waals surface area contributed by atoms with E-state index < -0.39 is 0 Å². The van der Waals surface area contributed by atoms with Crippen molar-refractivity contribution in [2.45, 2.75) is 0 Å². The second-order valence-corrected chi connectivity index (χ2v) is 3.48. The highest BCUT2D eigenvalue weighted by Gasteiger charge is 2.27. The first-order valence-corrected chi connectivity index (χ1v) is 4.84. The maximum Gasteiger partial charge on any atom is 0.179 e. The Bertz CT molecular complexity index is 404. The minimum atomic E-state index is 0.866. The Labute approximate surface area is 79.7 Å². The standard InChI is InChI=1S/C9H6N2OS/c1-3-10-9-7-2-5-13-6-8(7)12-11(9)4-1/h1-6H. The highest BCUT2D eigenvalue weighted by Crippen LogP contribution is 2.36. The van der Waals surface area contributed by atoms with E-state index in [1.165, 1.54) is 0 Å². The number of thioether (sulfide) groups is 1. The third-order valence-electron chi connectivity index (χ3n) is 1.90.